The van der Waals surface area contributed by atoms with Crippen molar-refractivity contribution in [2.75, 3.05) is 12.3 Å². The van der Waals surface area contributed by atoms with Crippen molar-refractivity contribution in [3.05, 3.63) is 66.0 Å². The van der Waals surface area contributed by atoms with E-state index in [-0.39, 0.29) is 24.6 Å². The number of sulfonamides is 2. The molecule has 0 fully saturated rings. The zero-order chi connectivity index (χ0) is 17.5. The summed E-state index contributed by atoms with van der Waals surface area (Å²) in [4.78, 5) is 3.89. The third-order valence-corrected chi connectivity index (χ3v) is 5.79. The summed E-state index contributed by atoms with van der Waals surface area (Å²) in [5.41, 5.74) is 1.37. The highest BCUT2D eigenvalue weighted by atomic mass is 32.2. The third-order valence-electron chi connectivity index (χ3n) is 3.11. The molecule has 0 aliphatic heterocycles. The minimum Gasteiger partial charge on any atom is -0.264 e. The van der Waals surface area contributed by atoms with E-state index in [1.807, 2.05) is 0 Å². The van der Waals surface area contributed by atoms with Crippen LogP contribution in [0.25, 0.3) is 0 Å². The first-order valence-corrected chi connectivity index (χ1v) is 10.5. The summed E-state index contributed by atoms with van der Waals surface area (Å²) < 4.78 is 52.3. The maximum Gasteiger partial charge on any atom is 0.215 e. The minimum absolute atomic E-state index is 0.118. The van der Waals surface area contributed by atoms with Crippen LogP contribution in [0.15, 0.2) is 54.9 Å². The molecule has 1 heterocycles. The van der Waals surface area contributed by atoms with E-state index in [0.717, 1.165) is 5.56 Å². The van der Waals surface area contributed by atoms with Crippen molar-refractivity contribution in [2.45, 2.75) is 12.3 Å². The topological polar surface area (TPSA) is 105 Å². The van der Waals surface area contributed by atoms with Crippen molar-refractivity contribution in [2.24, 2.45) is 0 Å². The summed E-state index contributed by atoms with van der Waals surface area (Å²) in [7, 11) is -7.16. The maximum absolute atomic E-state index is 11.9. The molecule has 7 nitrogen and oxygen atoms in total. The van der Waals surface area contributed by atoms with Gasteiger partial charge in [0.05, 0.1) is 11.5 Å². The molecule has 0 saturated heterocycles. The Labute approximate surface area is 142 Å². The van der Waals surface area contributed by atoms with E-state index in [1.54, 1.807) is 54.9 Å². The van der Waals surface area contributed by atoms with Crippen molar-refractivity contribution < 1.29 is 16.8 Å². The van der Waals surface area contributed by atoms with Crippen LogP contribution in [0.4, 0.5) is 0 Å². The van der Waals surface area contributed by atoms with E-state index in [1.165, 1.54) is 0 Å². The zero-order valence-corrected chi connectivity index (χ0v) is 14.6. The standard InChI is InChI=1S/C15H19N3O4S2/c19-23(20,18-12-15-7-4-8-16-11-15)10-9-17-24(21,22)13-14-5-2-1-3-6-14/h1-8,11,17-18H,9-10,12-13H2. The number of nitrogens with zero attached hydrogens (tertiary/aromatic N) is 1. The van der Waals surface area contributed by atoms with Crippen molar-refractivity contribution in [3.8, 4) is 0 Å². The molecule has 9 heteroatoms. The average Bonchev–Trinajstić information content (AvgIpc) is 2.54. The third kappa shape index (κ3) is 6.75. The lowest BCUT2D eigenvalue weighted by Gasteiger charge is -2.09. The Bertz CT molecular complexity index is 839. The molecule has 1 aromatic carbocycles. The molecule has 2 rings (SSSR count). The van der Waals surface area contributed by atoms with Crippen molar-refractivity contribution >= 4 is 20.0 Å². The fourth-order valence-electron chi connectivity index (χ4n) is 1.94. The summed E-state index contributed by atoms with van der Waals surface area (Å²) in [5.74, 6) is -0.516. The van der Waals surface area contributed by atoms with Crippen LogP contribution in [0.2, 0.25) is 0 Å². The Hall–Kier alpha value is -1.81. The van der Waals surface area contributed by atoms with Gasteiger partial charge < -0.3 is 0 Å². The Morgan fingerprint density at radius 1 is 0.833 bits per heavy atom. The Balaban J connectivity index is 1.79. The van der Waals surface area contributed by atoms with Gasteiger partial charge in [0, 0.05) is 25.5 Å². The van der Waals surface area contributed by atoms with Crippen LogP contribution in [-0.2, 0) is 32.3 Å². The number of pyridine rings is 1. The molecule has 0 aliphatic rings. The highest BCUT2D eigenvalue weighted by molar-refractivity contribution is 7.90. The highest BCUT2D eigenvalue weighted by Crippen LogP contribution is 2.04. The molecule has 0 spiro atoms. The predicted molar refractivity (Wildman–Crippen MR) is 91.9 cm³/mol. The molecule has 0 unspecified atom stereocenters. The maximum atomic E-state index is 11.9. The normalized spacial score (nSPS) is 12.2. The number of benzene rings is 1. The van der Waals surface area contributed by atoms with Gasteiger partial charge in [-0.1, -0.05) is 36.4 Å². The Morgan fingerprint density at radius 2 is 1.54 bits per heavy atom. The van der Waals surface area contributed by atoms with Gasteiger partial charge >= 0.3 is 0 Å². The van der Waals surface area contributed by atoms with Crippen LogP contribution in [0, 0.1) is 0 Å². The number of aromatic nitrogens is 1. The van der Waals surface area contributed by atoms with E-state index in [4.69, 9.17) is 0 Å². The fourth-order valence-corrected chi connectivity index (χ4v) is 4.12. The van der Waals surface area contributed by atoms with Gasteiger partial charge in [-0.05, 0) is 17.2 Å². The van der Waals surface area contributed by atoms with Crippen LogP contribution < -0.4 is 9.44 Å². The van der Waals surface area contributed by atoms with Crippen LogP contribution in [0.1, 0.15) is 11.1 Å². The van der Waals surface area contributed by atoms with Crippen LogP contribution in [0.3, 0.4) is 0 Å². The molecule has 24 heavy (non-hydrogen) atoms. The monoisotopic (exact) mass is 369 g/mol. The van der Waals surface area contributed by atoms with Gasteiger partial charge in [0.1, 0.15) is 0 Å². The molecule has 2 aromatic rings. The zero-order valence-electron chi connectivity index (χ0n) is 12.9. The Morgan fingerprint density at radius 3 is 2.21 bits per heavy atom. The second-order valence-electron chi connectivity index (χ2n) is 5.14. The van der Waals surface area contributed by atoms with E-state index in [0.29, 0.717) is 5.56 Å². The highest BCUT2D eigenvalue weighted by Gasteiger charge is 2.14. The van der Waals surface area contributed by atoms with Gasteiger partial charge in [-0.3, -0.25) is 4.98 Å². The molecular weight excluding hydrogens is 350 g/mol. The largest absolute Gasteiger partial charge is 0.264 e. The van der Waals surface area contributed by atoms with Crippen molar-refractivity contribution in [1.29, 1.82) is 0 Å². The average molecular weight is 369 g/mol. The summed E-state index contributed by atoms with van der Waals surface area (Å²) >= 11 is 0. The van der Waals surface area contributed by atoms with Crippen LogP contribution in [0.5, 0.6) is 0 Å². The van der Waals surface area contributed by atoms with E-state index < -0.39 is 20.0 Å². The summed E-state index contributed by atoms with van der Waals surface area (Å²) in [6.07, 6.45) is 3.16. The lowest BCUT2D eigenvalue weighted by Crippen LogP contribution is -2.34. The van der Waals surface area contributed by atoms with Gasteiger partial charge in [0.15, 0.2) is 0 Å². The molecule has 0 saturated carbocycles. The molecule has 0 aliphatic carbocycles. The van der Waals surface area contributed by atoms with Crippen molar-refractivity contribution in [1.82, 2.24) is 14.4 Å². The smallest absolute Gasteiger partial charge is 0.215 e. The van der Waals surface area contributed by atoms with Gasteiger partial charge in [0.2, 0.25) is 20.0 Å². The van der Waals surface area contributed by atoms with E-state index in [9.17, 15) is 16.8 Å². The van der Waals surface area contributed by atoms with Gasteiger partial charge in [-0.25, -0.2) is 26.3 Å². The van der Waals surface area contributed by atoms with E-state index >= 15 is 0 Å². The predicted octanol–water partition coefficient (Wildman–Crippen LogP) is 0.621. The lowest BCUT2D eigenvalue weighted by atomic mass is 10.2. The number of hydrogen-bond donors (Lipinski definition) is 2. The molecule has 1 aromatic heterocycles. The molecule has 0 bridgehead atoms. The summed E-state index contributed by atoms with van der Waals surface area (Å²) in [6.45, 7) is -0.0650. The molecular formula is C15H19N3O4S2. The lowest BCUT2D eigenvalue weighted by molar-refractivity contribution is 0.574. The van der Waals surface area contributed by atoms with Gasteiger partial charge in [-0.2, -0.15) is 0 Å². The summed E-state index contributed by atoms with van der Waals surface area (Å²) in [5, 5.41) is 0. The molecule has 0 atom stereocenters. The molecule has 2 N–H and O–H groups in total. The number of nitrogens with one attached hydrogen (secondary N) is 2. The second-order valence-corrected chi connectivity index (χ2v) is 8.87. The number of hydrogen-bond acceptors (Lipinski definition) is 5. The first kappa shape index (κ1) is 18.5. The van der Waals surface area contributed by atoms with Gasteiger partial charge in [0.25, 0.3) is 0 Å². The first-order chi connectivity index (χ1) is 11.4. The molecule has 0 amide bonds. The number of rotatable bonds is 9. The summed E-state index contributed by atoms with van der Waals surface area (Å²) in [6, 6.07) is 12.1. The van der Waals surface area contributed by atoms with Gasteiger partial charge in [-0.15, -0.1) is 0 Å². The molecule has 130 valence electrons. The van der Waals surface area contributed by atoms with Crippen molar-refractivity contribution in [3.63, 3.8) is 0 Å². The quantitative estimate of drug-likeness (QED) is 0.674. The van der Waals surface area contributed by atoms with Crippen LogP contribution >= 0.6 is 0 Å². The SMILES string of the molecule is O=S(=O)(CCNS(=O)(=O)Cc1ccccc1)NCc1cccnc1. The molecule has 0 radical (unpaired) electrons. The fraction of sp³-hybridized carbons (Fsp3) is 0.267. The van der Waals surface area contributed by atoms with E-state index in [2.05, 4.69) is 14.4 Å². The van der Waals surface area contributed by atoms with Crippen LogP contribution in [-0.4, -0.2) is 34.1 Å². The second kappa shape index (κ2) is 8.34. The first-order valence-electron chi connectivity index (χ1n) is 7.24. The minimum atomic E-state index is -3.58. The Kier molecular flexibility index (Phi) is 6.44.